The average molecular weight is 455 g/mol. The maximum Gasteiger partial charge on any atom is 0.335 e. The number of fused-ring (bicyclic) bond motifs is 5. The number of allylic oxidation sites excluding steroid dienone is 1. The molecule has 5 aliphatic rings. The van der Waals surface area contributed by atoms with Crippen molar-refractivity contribution in [2.24, 2.45) is 45.3 Å². The first-order chi connectivity index (χ1) is 15.3. The fraction of sp³-hybridized carbons (Fsp3) is 0.833. The molecule has 3 heteroatoms. The largest absolute Gasteiger partial charge is 0.450 e. The summed E-state index contributed by atoms with van der Waals surface area (Å²) in [5, 5.41) is 10.9. The molecule has 0 aromatic heterocycles. The quantitative estimate of drug-likeness (QED) is 0.366. The molecule has 1 heterocycles. The lowest BCUT2D eigenvalue weighted by atomic mass is 9.35. The fourth-order valence-electron chi connectivity index (χ4n) is 10.3. The number of aliphatic hydroxyl groups is 1. The highest BCUT2D eigenvalue weighted by Gasteiger charge is 2.68. The van der Waals surface area contributed by atoms with E-state index in [1.807, 2.05) is 0 Å². The van der Waals surface area contributed by atoms with Crippen molar-refractivity contribution in [2.75, 3.05) is 0 Å². The average Bonchev–Trinajstić information content (AvgIpc) is 3.24. The molecule has 184 valence electrons. The second-order valence-corrected chi connectivity index (χ2v) is 13.9. The normalized spacial score (nSPS) is 50.5. The zero-order valence-corrected chi connectivity index (χ0v) is 22.0. The third-order valence-corrected chi connectivity index (χ3v) is 12.1. The highest BCUT2D eigenvalue weighted by Crippen LogP contribution is 2.75. The Labute approximate surface area is 201 Å². The van der Waals surface area contributed by atoms with Gasteiger partial charge in [0.25, 0.3) is 0 Å². The molecule has 1 N–H and O–H groups in total. The minimum atomic E-state index is -0.179. The molecule has 9 atom stereocenters. The second-order valence-electron chi connectivity index (χ2n) is 13.9. The lowest BCUT2D eigenvalue weighted by Gasteiger charge is -2.69. The predicted molar refractivity (Wildman–Crippen MR) is 132 cm³/mol. The van der Waals surface area contributed by atoms with Crippen LogP contribution in [0.25, 0.3) is 0 Å². The maximum absolute atomic E-state index is 12.9. The van der Waals surface area contributed by atoms with Crippen LogP contribution in [0.3, 0.4) is 0 Å². The molecule has 4 aliphatic carbocycles. The van der Waals surface area contributed by atoms with E-state index in [1.165, 1.54) is 37.7 Å². The molecular formula is C30H46O3. The van der Waals surface area contributed by atoms with Crippen LogP contribution in [-0.4, -0.2) is 23.3 Å². The van der Waals surface area contributed by atoms with E-state index < -0.39 is 0 Å². The van der Waals surface area contributed by atoms with Gasteiger partial charge in [-0.15, -0.1) is 0 Å². The van der Waals surface area contributed by atoms with Crippen LogP contribution in [0.15, 0.2) is 23.3 Å². The smallest absolute Gasteiger partial charge is 0.335 e. The summed E-state index contributed by atoms with van der Waals surface area (Å²) in [6.07, 6.45) is 13.3. The Kier molecular flexibility index (Phi) is 5.34. The van der Waals surface area contributed by atoms with Crippen molar-refractivity contribution in [2.45, 2.75) is 112 Å². The number of carbonyl (C=O) groups is 1. The lowest BCUT2D eigenvalue weighted by molar-refractivity contribution is -0.220. The van der Waals surface area contributed by atoms with Gasteiger partial charge >= 0.3 is 5.97 Å². The summed E-state index contributed by atoms with van der Waals surface area (Å²) in [5.41, 5.74) is 3.04. The van der Waals surface area contributed by atoms with Crippen LogP contribution in [0, 0.1) is 45.3 Å². The van der Waals surface area contributed by atoms with Gasteiger partial charge in [0, 0.05) is 5.57 Å². The van der Waals surface area contributed by atoms with Crippen molar-refractivity contribution in [1.82, 2.24) is 0 Å². The van der Waals surface area contributed by atoms with E-state index in [2.05, 4.69) is 60.6 Å². The molecule has 0 radical (unpaired) electrons. The third kappa shape index (κ3) is 3.13. The molecule has 33 heavy (non-hydrogen) atoms. The fourth-order valence-corrected chi connectivity index (χ4v) is 10.3. The van der Waals surface area contributed by atoms with Gasteiger partial charge in [0.2, 0.25) is 0 Å². The molecule has 0 bridgehead atoms. The molecule has 4 saturated carbocycles. The van der Waals surface area contributed by atoms with Crippen LogP contribution >= 0.6 is 0 Å². The van der Waals surface area contributed by atoms with Crippen LogP contribution in [-0.2, 0) is 9.53 Å². The van der Waals surface area contributed by atoms with Gasteiger partial charge in [-0.1, -0.05) is 40.2 Å². The molecule has 4 fully saturated rings. The van der Waals surface area contributed by atoms with Crippen molar-refractivity contribution < 1.29 is 14.6 Å². The second kappa shape index (κ2) is 7.45. The van der Waals surface area contributed by atoms with Crippen LogP contribution in [0.2, 0.25) is 0 Å². The molecule has 0 spiro atoms. The number of hydrogen-bond donors (Lipinski definition) is 1. The summed E-state index contributed by atoms with van der Waals surface area (Å²) in [4.78, 5) is 12.9. The Bertz CT molecular complexity index is 894. The molecule has 0 aromatic rings. The lowest BCUT2D eigenvalue weighted by Crippen LogP contribution is -2.63. The van der Waals surface area contributed by atoms with Crippen molar-refractivity contribution in [3.8, 4) is 0 Å². The molecule has 0 amide bonds. The summed E-state index contributed by atoms with van der Waals surface area (Å²) < 4.78 is 5.73. The number of carbonyl (C=O) groups excluding carboxylic acids is 1. The summed E-state index contributed by atoms with van der Waals surface area (Å²) in [6.45, 7) is 16.5. The predicted octanol–water partition coefficient (Wildman–Crippen LogP) is 6.85. The number of cyclic esters (lactones) is 1. The van der Waals surface area contributed by atoms with Crippen molar-refractivity contribution in [3.63, 3.8) is 0 Å². The third-order valence-electron chi connectivity index (χ3n) is 12.1. The molecule has 0 saturated heterocycles. The highest BCUT2D eigenvalue weighted by molar-refractivity contribution is 5.92. The maximum atomic E-state index is 12.9. The summed E-state index contributed by atoms with van der Waals surface area (Å²) >= 11 is 0. The Hall–Kier alpha value is -1.09. The number of hydrogen-bond acceptors (Lipinski definition) is 3. The number of rotatable bonds is 2. The van der Waals surface area contributed by atoms with E-state index in [0.717, 1.165) is 24.8 Å². The van der Waals surface area contributed by atoms with E-state index in [9.17, 15) is 9.90 Å². The van der Waals surface area contributed by atoms with E-state index in [1.54, 1.807) is 0 Å². The van der Waals surface area contributed by atoms with Crippen LogP contribution in [0.5, 0.6) is 0 Å². The number of aliphatic hydroxyl groups excluding tert-OH is 1. The van der Waals surface area contributed by atoms with Gasteiger partial charge in [0.05, 0.1) is 6.10 Å². The molecule has 1 aliphatic heterocycles. The van der Waals surface area contributed by atoms with Gasteiger partial charge in [0.1, 0.15) is 6.10 Å². The zero-order chi connectivity index (χ0) is 24.0. The number of esters is 1. The minimum absolute atomic E-state index is 0.00263. The Morgan fingerprint density at radius 3 is 2.33 bits per heavy atom. The molecule has 0 aromatic carbocycles. The Morgan fingerprint density at radius 1 is 0.939 bits per heavy atom. The first-order valence-corrected chi connectivity index (χ1v) is 13.6. The first-order valence-electron chi connectivity index (χ1n) is 13.6. The van der Waals surface area contributed by atoms with Crippen molar-refractivity contribution in [1.29, 1.82) is 0 Å². The van der Waals surface area contributed by atoms with Crippen LogP contribution in [0.1, 0.15) is 99.8 Å². The van der Waals surface area contributed by atoms with Gasteiger partial charge < -0.3 is 9.84 Å². The topological polar surface area (TPSA) is 46.5 Å². The Morgan fingerprint density at radius 2 is 1.64 bits per heavy atom. The number of ether oxygens (including phenoxy) is 1. The molecular weight excluding hydrogens is 408 g/mol. The van der Waals surface area contributed by atoms with Crippen molar-refractivity contribution >= 4 is 5.97 Å². The van der Waals surface area contributed by atoms with Gasteiger partial charge in [-0.25, -0.2) is 4.79 Å². The summed E-state index contributed by atoms with van der Waals surface area (Å²) in [5.74, 6) is 2.16. The van der Waals surface area contributed by atoms with Gasteiger partial charge in [0.15, 0.2) is 0 Å². The monoisotopic (exact) mass is 454 g/mol. The van der Waals surface area contributed by atoms with E-state index in [0.29, 0.717) is 34.5 Å². The van der Waals surface area contributed by atoms with Gasteiger partial charge in [-0.3, -0.25) is 0 Å². The molecule has 3 nitrogen and oxygen atoms in total. The zero-order valence-electron chi connectivity index (χ0n) is 22.0. The summed E-state index contributed by atoms with van der Waals surface area (Å²) in [6, 6.07) is 0. The van der Waals surface area contributed by atoms with E-state index in [-0.39, 0.29) is 29.0 Å². The van der Waals surface area contributed by atoms with Gasteiger partial charge in [-0.2, -0.15) is 0 Å². The van der Waals surface area contributed by atoms with Crippen molar-refractivity contribution in [3.05, 3.63) is 23.3 Å². The standard InChI is InChI=1S/C30H46O3/c1-18(2)16-19-17-21(26(32)33-19)20-10-14-29(6)22(20)8-9-24-28(5)13-12-25(31)27(3,4)23(28)11-15-30(24,29)7/h16-17,19-20,22-25,31H,8-15H2,1-7H3. The first kappa shape index (κ1) is 23.6. The van der Waals surface area contributed by atoms with Gasteiger partial charge in [-0.05, 0) is 123 Å². The molecule has 9 unspecified atom stereocenters. The molecule has 5 rings (SSSR count). The Balaban J connectivity index is 1.46. The summed E-state index contributed by atoms with van der Waals surface area (Å²) in [7, 11) is 0. The minimum Gasteiger partial charge on any atom is -0.450 e. The van der Waals surface area contributed by atoms with Crippen LogP contribution in [0.4, 0.5) is 0 Å². The van der Waals surface area contributed by atoms with E-state index in [4.69, 9.17) is 4.74 Å². The SMILES string of the molecule is CC(C)=CC1C=C(C2CCC3(C)C2CCC2C4(C)CCC(O)C(C)(C)C4CCC23C)C(=O)O1. The van der Waals surface area contributed by atoms with E-state index >= 15 is 0 Å². The van der Waals surface area contributed by atoms with Crippen LogP contribution < -0.4 is 0 Å². The highest BCUT2D eigenvalue weighted by atomic mass is 16.5.